The first kappa shape index (κ1) is 13.0. The van der Waals surface area contributed by atoms with Crippen LogP contribution in [0.15, 0.2) is 0 Å². The molecule has 0 spiro atoms. The minimum atomic E-state index is -0.00810. The van der Waals surface area contributed by atoms with Crippen molar-refractivity contribution in [2.24, 2.45) is 11.8 Å². The van der Waals surface area contributed by atoms with E-state index in [1.807, 2.05) is 20.8 Å². The zero-order chi connectivity index (χ0) is 11.6. The molecule has 1 aliphatic heterocycles. The van der Waals surface area contributed by atoms with Gasteiger partial charge in [-0.15, -0.1) is 0 Å². The molecule has 0 bridgehead atoms. The quantitative estimate of drug-likeness (QED) is 0.801. The molecule has 3 nitrogen and oxygen atoms in total. The van der Waals surface area contributed by atoms with Crippen LogP contribution in [0.4, 0.5) is 0 Å². The number of alkyl halides is 1. The summed E-state index contributed by atoms with van der Waals surface area (Å²) in [5, 5.41) is 2.94. The summed E-state index contributed by atoms with van der Waals surface area (Å²) in [4.78, 5) is 12.2. The predicted octanol–water partition coefficient (Wildman–Crippen LogP) is 1.95. The lowest BCUT2D eigenvalue weighted by Crippen LogP contribution is -2.39. The number of hydrogen-bond acceptors (Lipinski definition) is 2. The first-order valence-corrected chi connectivity index (χ1v) is 6.42. The molecule has 1 fully saturated rings. The second-order valence-corrected chi connectivity index (χ2v) is 6.02. The number of halogens is 1. The Kier molecular flexibility index (Phi) is 4.59. The average Bonchev–Trinajstić information content (AvgIpc) is 2.37. The first-order chi connectivity index (χ1) is 6.93. The van der Waals surface area contributed by atoms with Gasteiger partial charge in [0, 0.05) is 11.4 Å². The highest BCUT2D eigenvalue weighted by Crippen LogP contribution is 2.32. The number of nitrogens with one attached hydrogen (secondary N) is 1. The topological polar surface area (TPSA) is 38.3 Å². The summed E-state index contributed by atoms with van der Waals surface area (Å²) < 4.78 is 5.64. The fourth-order valence-corrected chi connectivity index (χ4v) is 2.24. The van der Waals surface area contributed by atoms with Crippen LogP contribution in [-0.4, -0.2) is 29.5 Å². The summed E-state index contributed by atoms with van der Waals surface area (Å²) in [6.07, 6.45) is 0.206. The van der Waals surface area contributed by atoms with E-state index in [0.717, 1.165) is 0 Å². The van der Waals surface area contributed by atoms with Crippen LogP contribution < -0.4 is 5.32 Å². The molecule has 1 rings (SSSR count). The molecule has 0 aromatic rings. The molecule has 1 N–H and O–H groups in total. The van der Waals surface area contributed by atoms with Gasteiger partial charge in [-0.2, -0.15) is 0 Å². The molecule has 1 aliphatic rings. The molecule has 0 saturated carbocycles. The molecular weight excluding hydrogens is 258 g/mol. The average molecular weight is 278 g/mol. The van der Waals surface area contributed by atoms with Crippen LogP contribution in [0.25, 0.3) is 0 Å². The van der Waals surface area contributed by atoms with Crippen LogP contribution in [-0.2, 0) is 9.53 Å². The summed E-state index contributed by atoms with van der Waals surface area (Å²) in [6, 6.07) is 0. The molecule has 5 unspecified atom stereocenters. The number of hydrogen-bond donors (Lipinski definition) is 1. The fourth-order valence-electron chi connectivity index (χ4n) is 2.08. The highest BCUT2D eigenvalue weighted by atomic mass is 79.9. The van der Waals surface area contributed by atoms with Crippen molar-refractivity contribution in [1.82, 2.24) is 5.32 Å². The number of ether oxygens (including phenoxy) is 1. The van der Waals surface area contributed by atoms with Gasteiger partial charge in [0.15, 0.2) is 0 Å². The molecule has 88 valence electrons. The van der Waals surface area contributed by atoms with E-state index in [1.165, 1.54) is 0 Å². The van der Waals surface area contributed by atoms with Gasteiger partial charge in [-0.05, 0) is 19.8 Å². The molecule has 0 aromatic heterocycles. The van der Waals surface area contributed by atoms with Gasteiger partial charge in [0.2, 0.25) is 5.91 Å². The number of carbonyl (C=O) groups excluding carboxylic acids is 1. The van der Waals surface area contributed by atoms with Gasteiger partial charge in [-0.25, -0.2) is 0 Å². The lowest BCUT2D eigenvalue weighted by molar-refractivity contribution is -0.127. The number of carbonyl (C=O) groups is 1. The van der Waals surface area contributed by atoms with Gasteiger partial charge in [0.05, 0.1) is 18.1 Å². The third-order valence-corrected chi connectivity index (χ3v) is 3.43. The van der Waals surface area contributed by atoms with Crippen molar-refractivity contribution >= 4 is 21.8 Å². The SMILES string of the molecule is CC(Br)CNC(=O)C1C(C)OC(C)C1C. The zero-order valence-electron chi connectivity index (χ0n) is 9.79. The minimum Gasteiger partial charge on any atom is -0.374 e. The van der Waals surface area contributed by atoms with Gasteiger partial charge >= 0.3 is 0 Å². The molecular formula is C11H20BrNO2. The van der Waals surface area contributed by atoms with E-state index in [4.69, 9.17) is 4.74 Å². The van der Waals surface area contributed by atoms with Crippen LogP contribution in [0, 0.1) is 11.8 Å². The molecule has 15 heavy (non-hydrogen) atoms. The Morgan fingerprint density at radius 2 is 2.00 bits per heavy atom. The maximum absolute atomic E-state index is 11.9. The van der Waals surface area contributed by atoms with Gasteiger partial charge in [0.1, 0.15) is 0 Å². The monoisotopic (exact) mass is 277 g/mol. The first-order valence-electron chi connectivity index (χ1n) is 5.50. The molecule has 1 saturated heterocycles. The third-order valence-electron chi connectivity index (χ3n) is 3.10. The van der Waals surface area contributed by atoms with Crippen LogP contribution in [0.5, 0.6) is 0 Å². The fraction of sp³-hybridized carbons (Fsp3) is 0.909. The van der Waals surface area contributed by atoms with Crippen molar-refractivity contribution in [1.29, 1.82) is 0 Å². The highest BCUT2D eigenvalue weighted by Gasteiger charge is 2.41. The van der Waals surface area contributed by atoms with E-state index in [0.29, 0.717) is 17.3 Å². The number of amides is 1. The molecule has 0 radical (unpaired) electrons. The lowest BCUT2D eigenvalue weighted by atomic mass is 9.89. The smallest absolute Gasteiger partial charge is 0.226 e. The summed E-state index contributed by atoms with van der Waals surface area (Å²) in [7, 11) is 0. The Morgan fingerprint density at radius 3 is 2.40 bits per heavy atom. The van der Waals surface area contributed by atoms with Crippen LogP contribution in [0.3, 0.4) is 0 Å². The molecule has 0 aliphatic carbocycles. The van der Waals surface area contributed by atoms with Crippen molar-refractivity contribution in [2.45, 2.75) is 44.7 Å². The normalized spacial score (nSPS) is 37.7. The standard InChI is InChI=1S/C11H20BrNO2/c1-6(12)5-13-11(14)10-7(2)8(3)15-9(10)4/h6-10H,5H2,1-4H3,(H,13,14). The predicted molar refractivity (Wildman–Crippen MR) is 64.1 cm³/mol. The molecule has 1 heterocycles. The van der Waals surface area contributed by atoms with Gasteiger partial charge in [-0.3, -0.25) is 4.79 Å². The summed E-state index contributed by atoms with van der Waals surface area (Å²) in [5.41, 5.74) is 0. The van der Waals surface area contributed by atoms with E-state index < -0.39 is 0 Å². The van der Waals surface area contributed by atoms with E-state index >= 15 is 0 Å². The highest BCUT2D eigenvalue weighted by molar-refractivity contribution is 9.09. The van der Waals surface area contributed by atoms with E-state index in [9.17, 15) is 4.79 Å². The van der Waals surface area contributed by atoms with E-state index in [2.05, 4.69) is 28.2 Å². The van der Waals surface area contributed by atoms with Crippen molar-refractivity contribution < 1.29 is 9.53 Å². The Labute approximate surface area is 100 Å². The Balaban J connectivity index is 2.51. The Bertz CT molecular complexity index is 233. The maximum Gasteiger partial charge on any atom is 0.226 e. The van der Waals surface area contributed by atoms with Crippen molar-refractivity contribution in [3.63, 3.8) is 0 Å². The van der Waals surface area contributed by atoms with Gasteiger partial charge < -0.3 is 10.1 Å². The van der Waals surface area contributed by atoms with Crippen molar-refractivity contribution in [2.75, 3.05) is 6.54 Å². The zero-order valence-corrected chi connectivity index (χ0v) is 11.4. The molecule has 5 atom stereocenters. The van der Waals surface area contributed by atoms with Gasteiger partial charge in [-0.1, -0.05) is 29.8 Å². The second-order valence-electron chi connectivity index (χ2n) is 4.46. The lowest BCUT2D eigenvalue weighted by Gasteiger charge is -2.18. The van der Waals surface area contributed by atoms with Gasteiger partial charge in [0.25, 0.3) is 0 Å². The van der Waals surface area contributed by atoms with E-state index in [-0.39, 0.29) is 24.0 Å². The third kappa shape index (κ3) is 3.18. The van der Waals surface area contributed by atoms with Crippen molar-refractivity contribution in [3.05, 3.63) is 0 Å². The van der Waals surface area contributed by atoms with Crippen LogP contribution in [0.1, 0.15) is 27.7 Å². The largest absolute Gasteiger partial charge is 0.374 e. The molecule has 4 heteroatoms. The summed E-state index contributed by atoms with van der Waals surface area (Å²) in [5.74, 6) is 0.405. The van der Waals surface area contributed by atoms with Crippen LogP contribution in [0.2, 0.25) is 0 Å². The minimum absolute atomic E-state index is 0.00810. The number of rotatable bonds is 3. The van der Waals surface area contributed by atoms with Crippen LogP contribution >= 0.6 is 15.9 Å². The summed E-state index contributed by atoms with van der Waals surface area (Å²) in [6.45, 7) is 8.77. The van der Waals surface area contributed by atoms with Crippen molar-refractivity contribution in [3.8, 4) is 0 Å². The Hall–Kier alpha value is -0.0900. The molecule has 0 aromatic carbocycles. The summed E-state index contributed by atoms with van der Waals surface area (Å²) >= 11 is 3.41. The van der Waals surface area contributed by atoms with E-state index in [1.54, 1.807) is 0 Å². The molecule has 1 amide bonds. The second kappa shape index (κ2) is 5.30. The maximum atomic E-state index is 11.9. The Morgan fingerprint density at radius 1 is 1.40 bits per heavy atom.